The van der Waals surface area contributed by atoms with Crippen molar-refractivity contribution < 1.29 is 4.74 Å². The number of nitrogens with one attached hydrogen (secondary N) is 1. The highest BCUT2D eigenvalue weighted by atomic mass is 16.5. The number of aromatic nitrogens is 2. The summed E-state index contributed by atoms with van der Waals surface area (Å²) in [6, 6.07) is 1.99. The van der Waals surface area contributed by atoms with Crippen LogP contribution in [0.15, 0.2) is 6.07 Å². The third-order valence-corrected chi connectivity index (χ3v) is 2.88. The lowest BCUT2D eigenvalue weighted by Crippen LogP contribution is -2.27. The Hall–Kier alpha value is -1.20. The summed E-state index contributed by atoms with van der Waals surface area (Å²) in [4.78, 5) is 11.3. The highest BCUT2D eigenvalue weighted by molar-refractivity contribution is 5.35. The predicted molar refractivity (Wildman–Crippen MR) is 78.4 cm³/mol. The second-order valence-corrected chi connectivity index (χ2v) is 4.60. The van der Waals surface area contributed by atoms with E-state index in [4.69, 9.17) is 4.74 Å². The molecule has 5 nitrogen and oxygen atoms in total. The zero-order valence-corrected chi connectivity index (χ0v) is 12.6. The van der Waals surface area contributed by atoms with Crippen LogP contribution in [-0.4, -0.2) is 48.2 Å². The number of aryl methyl sites for hydroxylation is 1. The number of hydrogen-bond donors (Lipinski definition) is 1. The minimum Gasteiger partial charge on any atom is -0.383 e. The van der Waals surface area contributed by atoms with Gasteiger partial charge in [-0.25, -0.2) is 9.97 Å². The van der Waals surface area contributed by atoms with E-state index in [1.165, 1.54) is 0 Å². The Morgan fingerprint density at radius 2 is 2.11 bits per heavy atom. The van der Waals surface area contributed by atoms with E-state index in [9.17, 15) is 0 Å². The van der Waals surface area contributed by atoms with E-state index >= 15 is 0 Å². The molecule has 0 aliphatic carbocycles. The van der Waals surface area contributed by atoms with Crippen LogP contribution in [0.5, 0.6) is 0 Å². The monoisotopic (exact) mass is 266 g/mol. The van der Waals surface area contributed by atoms with E-state index in [0.29, 0.717) is 0 Å². The van der Waals surface area contributed by atoms with Crippen LogP contribution in [0.4, 0.5) is 5.82 Å². The first-order chi connectivity index (χ1) is 9.19. The van der Waals surface area contributed by atoms with Gasteiger partial charge in [0.05, 0.1) is 13.2 Å². The highest BCUT2D eigenvalue weighted by Gasteiger charge is 2.07. The first-order valence-electron chi connectivity index (χ1n) is 6.99. The molecule has 0 unspecified atom stereocenters. The van der Waals surface area contributed by atoms with E-state index in [2.05, 4.69) is 34.0 Å². The van der Waals surface area contributed by atoms with Crippen molar-refractivity contribution in [2.75, 3.05) is 38.7 Å². The topological polar surface area (TPSA) is 50.3 Å². The molecule has 0 spiro atoms. The lowest BCUT2D eigenvalue weighted by Gasteiger charge is -2.19. The molecule has 0 radical (unpaired) electrons. The Morgan fingerprint density at radius 3 is 2.74 bits per heavy atom. The molecule has 5 heteroatoms. The van der Waals surface area contributed by atoms with Gasteiger partial charge >= 0.3 is 0 Å². The van der Waals surface area contributed by atoms with Gasteiger partial charge < -0.3 is 10.1 Å². The summed E-state index contributed by atoms with van der Waals surface area (Å²) in [6.45, 7) is 10.6. The van der Waals surface area contributed by atoms with Crippen LogP contribution in [0.2, 0.25) is 0 Å². The van der Waals surface area contributed by atoms with Gasteiger partial charge in [0.1, 0.15) is 11.6 Å². The van der Waals surface area contributed by atoms with Gasteiger partial charge in [-0.1, -0.05) is 13.8 Å². The zero-order chi connectivity index (χ0) is 14.1. The van der Waals surface area contributed by atoms with Gasteiger partial charge in [-0.05, 0) is 19.9 Å². The molecule has 0 saturated carbocycles. The number of likely N-dealkylation sites (N-methyl/N-ethyl adjacent to an activating group) is 1. The van der Waals surface area contributed by atoms with Gasteiger partial charge in [0.15, 0.2) is 0 Å². The third kappa shape index (κ3) is 5.98. The van der Waals surface area contributed by atoms with Crippen molar-refractivity contribution in [1.82, 2.24) is 14.9 Å². The van der Waals surface area contributed by atoms with Gasteiger partial charge in [0.25, 0.3) is 0 Å². The Morgan fingerprint density at radius 1 is 1.32 bits per heavy atom. The summed E-state index contributed by atoms with van der Waals surface area (Å²) in [5, 5.41) is 3.32. The molecule has 0 amide bonds. The molecule has 108 valence electrons. The lowest BCUT2D eigenvalue weighted by molar-refractivity contribution is 0.146. The third-order valence-electron chi connectivity index (χ3n) is 2.88. The Bertz CT molecular complexity index is 370. The maximum Gasteiger partial charge on any atom is 0.144 e. The van der Waals surface area contributed by atoms with Crippen molar-refractivity contribution in [1.29, 1.82) is 0 Å². The summed E-state index contributed by atoms with van der Waals surface area (Å²) < 4.78 is 5.12. The summed E-state index contributed by atoms with van der Waals surface area (Å²) in [5.41, 5.74) is 1.01. The molecule has 0 fully saturated rings. The number of methoxy groups -OCH3 is 1. The van der Waals surface area contributed by atoms with Gasteiger partial charge in [-0.15, -0.1) is 0 Å². The first kappa shape index (κ1) is 15.9. The quantitative estimate of drug-likeness (QED) is 0.741. The van der Waals surface area contributed by atoms with Crippen molar-refractivity contribution in [2.45, 2.75) is 33.7 Å². The molecule has 1 N–H and O–H groups in total. The number of hydrogen-bond acceptors (Lipinski definition) is 5. The van der Waals surface area contributed by atoms with Crippen LogP contribution >= 0.6 is 0 Å². The van der Waals surface area contributed by atoms with Crippen molar-refractivity contribution in [3.05, 3.63) is 17.6 Å². The first-order valence-corrected chi connectivity index (χ1v) is 6.99. The van der Waals surface area contributed by atoms with Gasteiger partial charge in [0, 0.05) is 32.0 Å². The van der Waals surface area contributed by atoms with Crippen molar-refractivity contribution in [2.24, 2.45) is 0 Å². The SMILES string of the molecule is CCCNc1cc(C)nc(CN(CC)CCOC)n1. The fourth-order valence-corrected chi connectivity index (χ4v) is 1.81. The molecule has 0 bridgehead atoms. The normalized spacial score (nSPS) is 11.0. The standard InChI is InChI=1S/C14H26N4O/c1-5-7-15-13-10-12(3)16-14(17-13)11-18(6-2)8-9-19-4/h10H,5-9,11H2,1-4H3,(H,15,16,17). The van der Waals surface area contributed by atoms with Gasteiger partial charge in [0.2, 0.25) is 0 Å². The molecule has 19 heavy (non-hydrogen) atoms. The van der Waals surface area contributed by atoms with Crippen molar-refractivity contribution >= 4 is 5.82 Å². The predicted octanol–water partition coefficient (Wildman–Crippen LogP) is 2.08. The summed E-state index contributed by atoms with van der Waals surface area (Å²) in [7, 11) is 1.73. The average molecular weight is 266 g/mol. The molecule has 0 saturated heterocycles. The maximum atomic E-state index is 5.12. The molecule has 1 rings (SSSR count). The number of ether oxygens (including phenoxy) is 1. The van der Waals surface area contributed by atoms with Crippen LogP contribution < -0.4 is 5.32 Å². The number of anilines is 1. The summed E-state index contributed by atoms with van der Waals surface area (Å²) >= 11 is 0. The van der Waals surface area contributed by atoms with Crippen LogP contribution in [0.3, 0.4) is 0 Å². The van der Waals surface area contributed by atoms with E-state index in [1.807, 2.05) is 13.0 Å². The highest BCUT2D eigenvalue weighted by Crippen LogP contribution is 2.08. The smallest absolute Gasteiger partial charge is 0.144 e. The molecule has 0 aliphatic rings. The molecule has 1 aromatic heterocycles. The fourth-order valence-electron chi connectivity index (χ4n) is 1.81. The molecule has 0 atom stereocenters. The minimum absolute atomic E-state index is 0.737. The van der Waals surface area contributed by atoms with E-state index < -0.39 is 0 Å². The van der Waals surface area contributed by atoms with Crippen LogP contribution in [-0.2, 0) is 11.3 Å². The zero-order valence-electron chi connectivity index (χ0n) is 12.6. The van der Waals surface area contributed by atoms with Crippen LogP contribution in [0.25, 0.3) is 0 Å². The molecular weight excluding hydrogens is 240 g/mol. The Balaban J connectivity index is 2.67. The lowest BCUT2D eigenvalue weighted by atomic mass is 10.3. The Labute approximate surface area is 116 Å². The molecule has 0 aromatic carbocycles. The maximum absolute atomic E-state index is 5.12. The largest absolute Gasteiger partial charge is 0.383 e. The summed E-state index contributed by atoms with van der Waals surface area (Å²) in [6.07, 6.45) is 1.09. The second-order valence-electron chi connectivity index (χ2n) is 4.60. The van der Waals surface area contributed by atoms with Crippen molar-refractivity contribution in [3.63, 3.8) is 0 Å². The van der Waals surface area contributed by atoms with Crippen LogP contribution in [0, 0.1) is 6.92 Å². The fraction of sp³-hybridized carbons (Fsp3) is 0.714. The van der Waals surface area contributed by atoms with Crippen LogP contribution in [0.1, 0.15) is 31.8 Å². The molecular formula is C14H26N4O. The molecule has 1 aromatic rings. The van der Waals surface area contributed by atoms with E-state index in [0.717, 1.165) is 56.5 Å². The minimum atomic E-state index is 0.737. The number of nitrogens with zero attached hydrogens (tertiary/aromatic N) is 3. The van der Waals surface area contributed by atoms with E-state index in [-0.39, 0.29) is 0 Å². The summed E-state index contributed by atoms with van der Waals surface area (Å²) in [5.74, 6) is 1.80. The molecule has 1 heterocycles. The second kappa shape index (κ2) is 8.82. The Kier molecular flexibility index (Phi) is 7.36. The van der Waals surface area contributed by atoms with E-state index in [1.54, 1.807) is 7.11 Å². The molecule has 0 aliphatic heterocycles. The average Bonchev–Trinajstić information content (AvgIpc) is 2.40. The van der Waals surface area contributed by atoms with Crippen molar-refractivity contribution in [3.8, 4) is 0 Å². The number of rotatable bonds is 9. The van der Waals surface area contributed by atoms with Gasteiger partial charge in [-0.3, -0.25) is 4.90 Å². The van der Waals surface area contributed by atoms with Gasteiger partial charge in [-0.2, -0.15) is 0 Å².